The van der Waals surface area contributed by atoms with Crippen LogP contribution in [0.25, 0.3) is 0 Å². The number of nitrogens with one attached hydrogen (secondary N) is 1. The van der Waals surface area contributed by atoms with E-state index in [1.54, 1.807) is 5.51 Å². The third-order valence-electron chi connectivity index (χ3n) is 2.59. The summed E-state index contributed by atoms with van der Waals surface area (Å²) in [6, 6.07) is 2.63. The summed E-state index contributed by atoms with van der Waals surface area (Å²) in [6.07, 6.45) is 0. The van der Waals surface area contributed by atoms with Gasteiger partial charge >= 0.3 is 0 Å². The Morgan fingerprint density at radius 2 is 2.22 bits per heavy atom. The quantitative estimate of drug-likeness (QED) is 0.845. The molecule has 1 unspecified atom stereocenters. The van der Waals surface area contributed by atoms with Gasteiger partial charge in [-0.1, -0.05) is 23.2 Å². The van der Waals surface area contributed by atoms with E-state index >= 15 is 0 Å². The average Bonchev–Trinajstić information content (AvgIpc) is 2.85. The highest BCUT2D eigenvalue weighted by atomic mass is 35.5. The Bertz CT molecular complexity index is 531. The first-order chi connectivity index (χ1) is 8.59. The first kappa shape index (κ1) is 13.7. The maximum atomic E-state index is 13.4. The van der Waals surface area contributed by atoms with Gasteiger partial charge in [-0.3, -0.25) is 0 Å². The van der Waals surface area contributed by atoms with Gasteiger partial charge in [0.2, 0.25) is 0 Å². The second kappa shape index (κ2) is 5.97. The van der Waals surface area contributed by atoms with Gasteiger partial charge in [0.05, 0.1) is 16.2 Å². The van der Waals surface area contributed by atoms with Gasteiger partial charge in [-0.15, -0.1) is 11.3 Å². The van der Waals surface area contributed by atoms with Crippen LogP contribution in [-0.4, -0.2) is 4.98 Å². The highest BCUT2D eigenvalue weighted by Gasteiger charge is 2.16. The van der Waals surface area contributed by atoms with Crippen LogP contribution >= 0.6 is 34.5 Å². The van der Waals surface area contributed by atoms with Crippen LogP contribution in [0.5, 0.6) is 0 Å². The minimum absolute atomic E-state index is 0.0702. The summed E-state index contributed by atoms with van der Waals surface area (Å²) in [6.45, 7) is 2.48. The summed E-state index contributed by atoms with van der Waals surface area (Å²) in [7, 11) is 0. The molecule has 0 aliphatic heterocycles. The van der Waals surface area contributed by atoms with Crippen LogP contribution in [-0.2, 0) is 6.54 Å². The van der Waals surface area contributed by atoms with E-state index in [1.165, 1.54) is 23.5 Å². The molecule has 0 bridgehead atoms. The van der Waals surface area contributed by atoms with Gasteiger partial charge in [0, 0.05) is 28.6 Å². The molecule has 18 heavy (non-hydrogen) atoms. The Morgan fingerprint density at radius 1 is 1.44 bits per heavy atom. The lowest BCUT2D eigenvalue weighted by Gasteiger charge is -2.17. The molecule has 1 N–H and O–H groups in total. The molecule has 1 aromatic heterocycles. The molecule has 0 aliphatic carbocycles. The van der Waals surface area contributed by atoms with Crippen molar-refractivity contribution in [1.82, 2.24) is 10.3 Å². The second-order valence-electron chi connectivity index (χ2n) is 3.84. The molecule has 2 nitrogen and oxygen atoms in total. The standard InChI is InChI=1S/C12H11Cl2FN2S/c1-7(16-4-8-5-18-6-17-8)11-9(13)2-3-10(15)12(11)14/h2-3,5-7,16H,4H2,1H3. The predicted octanol–water partition coefficient (Wildman–Crippen LogP) is 4.44. The molecule has 0 fully saturated rings. The molecule has 0 spiro atoms. The van der Waals surface area contributed by atoms with Gasteiger partial charge in [-0.05, 0) is 19.1 Å². The van der Waals surface area contributed by atoms with Crippen LogP contribution in [0, 0.1) is 5.82 Å². The molecular weight excluding hydrogens is 294 g/mol. The summed E-state index contributed by atoms with van der Waals surface area (Å²) in [5, 5.41) is 5.70. The molecule has 0 saturated heterocycles. The fourth-order valence-electron chi connectivity index (χ4n) is 1.62. The molecule has 0 amide bonds. The van der Waals surface area contributed by atoms with Crippen LogP contribution in [0.1, 0.15) is 24.2 Å². The van der Waals surface area contributed by atoms with Crippen molar-refractivity contribution in [2.75, 3.05) is 0 Å². The third kappa shape index (κ3) is 3.01. The van der Waals surface area contributed by atoms with Crippen LogP contribution in [0.3, 0.4) is 0 Å². The third-order valence-corrected chi connectivity index (χ3v) is 3.93. The number of thiazole rings is 1. The lowest BCUT2D eigenvalue weighted by molar-refractivity contribution is 0.561. The first-order valence-electron chi connectivity index (χ1n) is 5.33. The molecule has 96 valence electrons. The Morgan fingerprint density at radius 3 is 2.89 bits per heavy atom. The Kier molecular flexibility index (Phi) is 4.56. The maximum Gasteiger partial charge on any atom is 0.142 e. The molecule has 6 heteroatoms. The summed E-state index contributed by atoms with van der Waals surface area (Å²) in [5.41, 5.74) is 3.29. The van der Waals surface area contributed by atoms with E-state index in [1.807, 2.05) is 12.3 Å². The van der Waals surface area contributed by atoms with Gasteiger partial charge in [0.25, 0.3) is 0 Å². The number of hydrogen-bond acceptors (Lipinski definition) is 3. The minimum Gasteiger partial charge on any atom is -0.304 e. The average molecular weight is 305 g/mol. The van der Waals surface area contributed by atoms with Gasteiger partial charge in [-0.25, -0.2) is 9.37 Å². The van der Waals surface area contributed by atoms with E-state index in [-0.39, 0.29) is 11.1 Å². The largest absolute Gasteiger partial charge is 0.304 e. The van der Waals surface area contributed by atoms with Crippen molar-refractivity contribution in [3.8, 4) is 0 Å². The van der Waals surface area contributed by atoms with Crippen molar-refractivity contribution in [3.63, 3.8) is 0 Å². The van der Waals surface area contributed by atoms with Crippen molar-refractivity contribution >= 4 is 34.5 Å². The number of hydrogen-bond donors (Lipinski definition) is 1. The lowest BCUT2D eigenvalue weighted by Crippen LogP contribution is -2.19. The Labute approximate surface area is 119 Å². The van der Waals surface area contributed by atoms with E-state index in [0.717, 1.165) is 5.69 Å². The highest BCUT2D eigenvalue weighted by molar-refractivity contribution is 7.07. The van der Waals surface area contributed by atoms with Crippen LogP contribution < -0.4 is 5.32 Å². The SMILES string of the molecule is CC(NCc1cscn1)c1c(Cl)ccc(F)c1Cl. The van der Waals surface area contributed by atoms with Crippen molar-refractivity contribution in [1.29, 1.82) is 0 Å². The zero-order chi connectivity index (χ0) is 13.1. The fourth-order valence-corrected chi connectivity index (χ4v) is 2.88. The number of benzene rings is 1. The van der Waals surface area contributed by atoms with Crippen LogP contribution in [0.15, 0.2) is 23.0 Å². The molecular formula is C12H11Cl2FN2S. The molecule has 0 radical (unpaired) electrons. The second-order valence-corrected chi connectivity index (χ2v) is 5.34. The zero-order valence-electron chi connectivity index (χ0n) is 9.58. The normalized spacial score (nSPS) is 12.7. The molecule has 0 aliphatic rings. The Balaban J connectivity index is 2.13. The van der Waals surface area contributed by atoms with E-state index in [2.05, 4.69) is 10.3 Å². The van der Waals surface area contributed by atoms with Gasteiger partial charge in [-0.2, -0.15) is 0 Å². The summed E-state index contributed by atoms with van der Waals surface area (Å²) in [4.78, 5) is 4.16. The van der Waals surface area contributed by atoms with Gasteiger partial charge < -0.3 is 5.32 Å². The van der Waals surface area contributed by atoms with Crippen molar-refractivity contribution in [2.24, 2.45) is 0 Å². The summed E-state index contributed by atoms with van der Waals surface area (Å²) in [5.74, 6) is -0.460. The van der Waals surface area contributed by atoms with E-state index in [0.29, 0.717) is 17.1 Å². The van der Waals surface area contributed by atoms with E-state index < -0.39 is 5.82 Å². The van der Waals surface area contributed by atoms with Crippen molar-refractivity contribution in [2.45, 2.75) is 19.5 Å². The maximum absolute atomic E-state index is 13.4. The lowest BCUT2D eigenvalue weighted by atomic mass is 10.1. The molecule has 1 aromatic carbocycles. The molecule has 1 heterocycles. The highest BCUT2D eigenvalue weighted by Crippen LogP contribution is 2.32. The van der Waals surface area contributed by atoms with Crippen molar-refractivity contribution < 1.29 is 4.39 Å². The van der Waals surface area contributed by atoms with Crippen LogP contribution in [0.4, 0.5) is 4.39 Å². The topological polar surface area (TPSA) is 24.9 Å². The summed E-state index contributed by atoms with van der Waals surface area (Å²) < 4.78 is 13.4. The molecule has 2 aromatic rings. The number of nitrogens with zero attached hydrogens (tertiary/aromatic N) is 1. The molecule has 1 atom stereocenters. The van der Waals surface area contributed by atoms with E-state index in [9.17, 15) is 4.39 Å². The van der Waals surface area contributed by atoms with Gasteiger partial charge in [0.1, 0.15) is 5.82 Å². The van der Waals surface area contributed by atoms with Crippen molar-refractivity contribution in [3.05, 3.63) is 50.1 Å². The Hall–Kier alpha value is -0.680. The molecule has 2 rings (SSSR count). The number of rotatable bonds is 4. The fraction of sp³-hybridized carbons (Fsp3) is 0.250. The minimum atomic E-state index is -0.460. The number of aromatic nitrogens is 1. The smallest absolute Gasteiger partial charge is 0.142 e. The zero-order valence-corrected chi connectivity index (χ0v) is 11.9. The molecule has 0 saturated carbocycles. The van der Waals surface area contributed by atoms with Gasteiger partial charge in [0.15, 0.2) is 0 Å². The van der Waals surface area contributed by atoms with Crippen LogP contribution in [0.2, 0.25) is 10.0 Å². The first-order valence-corrected chi connectivity index (χ1v) is 7.03. The number of halogens is 3. The predicted molar refractivity (Wildman–Crippen MR) is 73.8 cm³/mol. The van der Waals surface area contributed by atoms with E-state index in [4.69, 9.17) is 23.2 Å². The summed E-state index contributed by atoms with van der Waals surface area (Å²) >= 11 is 13.5. The monoisotopic (exact) mass is 304 g/mol.